The molecule has 1 atom stereocenters. The van der Waals surface area contributed by atoms with E-state index in [2.05, 4.69) is 5.32 Å². The van der Waals surface area contributed by atoms with Crippen LogP contribution in [0, 0.1) is 5.82 Å². The van der Waals surface area contributed by atoms with E-state index < -0.39 is 0 Å². The maximum Gasteiger partial charge on any atom is 0.240 e. The number of anilines is 1. The van der Waals surface area contributed by atoms with Gasteiger partial charge in [-0.15, -0.1) is 11.3 Å². The number of benzene rings is 2. The third-order valence-electron chi connectivity index (χ3n) is 3.91. The molecule has 0 bridgehead atoms. The van der Waals surface area contributed by atoms with Crippen molar-refractivity contribution in [2.45, 2.75) is 6.04 Å². The first-order valence-electron chi connectivity index (χ1n) is 7.98. The van der Waals surface area contributed by atoms with Crippen LogP contribution in [-0.2, 0) is 4.79 Å². The van der Waals surface area contributed by atoms with Gasteiger partial charge in [0.05, 0.1) is 12.6 Å². The number of hydrogen-bond donors (Lipinski definition) is 1. The molecule has 0 aliphatic heterocycles. The summed E-state index contributed by atoms with van der Waals surface area (Å²) in [6.45, 7) is 0.243. The fourth-order valence-electron chi connectivity index (χ4n) is 2.63. The molecule has 2 aromatic carbocycles. The summed E-state index contributed by atoms with van der Waals surface area (Å²) in [6, 6.07) is 19.6. The quantitative estimate of drug-likeness (QED) is 0.718. The van der Waals surface area contributed by atoms with Crippen LogP contribution >= 0.6 is 11.3 Å². The number of nitrogens with zero attached hydrogens (tertiary/aromatic N) is 1. The number of carbonyl (C=O) groups excluding carboxylic acids is 1. The van der Waals surface area contributed by atoms with E-state index in [1.807, 2.05) is 59.8 Å². The highest BCUT2D eigenvalue weighted by molar-refractivity contribution is 7.10. The zero-order chi connectivity index (χ0) is 17.6. The molecule has 1 amide bonds. The highest BCUT2D eigenvalue weighted by atomic mass is 32.1. The van der Waals surface area contributed by atoms with Gasteiger partial charge in [0.15, 0.2) is 0 Å². The number of hydrogen-bond acceptors (Lipinski definition) is 3. The number of nitrogens with one attached hydrogen (secondary N) is 1. The smallest absolute Gasteiger partial charge is 0.240 e. The van der Waals surface area contributed by atoms with E-state index in [0.29, 0.717) is 0 Å². The maximum atomic E-state index is 13.2. The van der Waals surface area contributed by atoms with Crippen molar-refractivity contribution in [2.24, 2.45) is 0 Å². The Morgan fingerprint density at radius 1 is 1.08 bits per heavy atom. The molecule has 0 unspecified atom stereocenters. The molecule has 128 valence electrons. The van der Waals surface area contributed by atoms with E-state index in [1.54, 1.807) is 23.5 Å². The molecule has 0 aliphatic carbocycles. The van der Waals surface area contributed by atoms with Crippen LogP contribution in [0.5, 0.6) is 0 Å². The Balaban J connectivity index is 1.74. The lowest BCUT2D eigenvalue weighted by Gasteiger charge is -2.22. The van der Waals surface area contributed by atoms with Gasteiger partial charge in [-0.1, -0.05) is 36.4 Å². The second kappa shape index (κ2) is 7.94. The Morgan fingerprint density at radius 2 is 1.80 bits per heavy atom. The molecule has 3 aromatic rings. The predicted molar refractivity (Wildman–Crippen MR) is 100 cm³/mol. The van der Waals surface area contributed by atoms with Crippen molar-refractivity contribution in [3.8, 4) is 0 Å². The van der Waals surface area contributed by atoms with Crippen molar-refractivity contribution in [2.75, 3.05) is 18.5 Å². The number of thiophene rings is 1. The van der Waals surface area contributed by atoms with E-state index >= 15 is 0 Å². The van der Waals surface area contributed by atoms with Crippen LogP contribution in [-0.4, -0.2) is 19.5 Å². The number of carbonyl (C=O) groups is 1. The van der Waals surface area contributed by atoms with Crippen LogP contribution in [0.15, 0.2) is 72.1 Å². The molecule has 0 aliphatic rings. The molecule has 0 saturated carbocycles. The second-order valence-electron chi connectivity index (χ2n) is 5.76. The molecular formula is C20H19FN2OS. The summed E-state index contributed by atoms with van der Waals surface area (Å²) in [5.41, 5.74) is 1.84. The number of likely N-dealkylation sites (N-methyl/N-ethyl adjacent to an activating group) is 1. The number of para-hydroxylation sites is 1. The Labute approximate surface area is 150 Å². The van der Waals surface area contributed by atoms with Crippen LogP contribution in [0.3, 0.4) is 0 Å². The van der Waals surface area contributed by atoms with E-state index in [1.165, 1.54) is 12.1 Å². The van der Waals surface area contributed by atoms with Gasteiger partial charge in [-0.05, 0) is 41.3 Å². The Kier molecular flexibility index (Phi) is 5.46. The topological polar surface area (TPSA) is 32.3 Å². The summed E-state index contributed by atoms with van der Waals surface area (Å²) in [5, 5.41) is 5.03. The molecule has 0 radical (unpaired) electrons. The zero-order valence-electron chi connectivity index (χ0n) is 13.9. The second-order valence-corrected chi connectivity index (χ2v) is 6.74. The first-order chi connectivity index (χ1) is 12.1. The van der Waals surface area contributed by atoms with Crippen molar-refractivity contribution in [3.63, 3.8) is 0 Å². The summed E-state index contributed by atoms with van der Waals surface area (Å²) in [5.74, 6) is -0.377. The van der Waals surface area contributed by atoms with Gasteiger partial charge in [-0.2, -0.15) is 0 Å². The van der Waals surface area contributed by atoms with Gasteiger partial charge >= 0.3 is 0 Å². The molecule has 25 heavy (non-hydrogen) atoms. The SMILES string of the molecule is CN(CC(=O)N[C@@H](c1ccc(F)cc1)c1cccs1)c1ccccc1. The normalized spacial score (nSPS) is 11.8. The molecule has 3 rings (SSSR count). The number of rotatable bonds is 6. The first-order valence-corrected chi connectivity index (χ1v) is 8.86. The fourth-order valence-corrected chi connectivity index (χ4v) is 3.43. The summed E-state index contributed by atoms with van der Waals surface area (Å²) in [7, 11) is 1.88. The van der Waals surface area contributed by atoms with Gasteiger partial charge in [-0.25, -0.2) is 4.39 Å². The van der Waals surface area contributed by atoms with E-state index in [4.69, 9.17) is 0 Å². The lowest BCUT2D eigenvalue weighted by Crippen LogP contribution is -2.37. The summed E-state index contributed by atoms with van der Waals surface area (Å²) >= 11 is 1.57. The average molecular weight is 354 g/mol. The predicted octanol–water partition coefficient (Wildman–Crippen LogP) is 4.23. The largest absolute Gasteiger partial charge is 0.365 e. The standard InChI is InChI=1S/C20H19FN2OS/c1-23(17-6-3-2-4-7-17)14-19(24)22-20(18-8-5-13-25-18)15-9-11-16(21)12-10-15/h2-13,20H,14H2,1H3,(H,22,24)/t20-/m0/s1. The van der Waals surface area contributed by atoms with E-state index in [-0.39, 0.29) is 24.3 Å². The van der Waals surface area contributed by atoms with Crippen molar-refractivity contribution in [3.05, 3.63) is 88.4 Å². The molecule has 1 aromatic heterocycles. The minimum atomic E-state index is -0.288. The van der Waals surface area contributed by atoms with Crippen molar-refractivity contribution < 1.29 is 9.18 Å². The van der Waals surface area contributed by atoms with Gasteiger partial charge in [0.1, 0.15) is 5.82 Å². The third-order valence-corrected chi connectivity index (χ3v) is 4.85. The lowest BCUT2D eigenvalue weighted by atomic mass is 10.1. The van der Waals surface area contributed by atoms with Gasteiger partial charge < -0.3 is 10.2 Å². The van der Waals surface area contributed by atoms with E-state index in [0.717, 1.165) is 16.1 Å². The molecule has 1 N–H and O–H groups in total. The first kappa shape index (κ1) is 17.2. The van der Waals surface area contributed by atoms with Crippen molar-refractivity contribution >= 4 is 22.9 Å². The van der Waals surface area contributed by atoms with Crippen LogP contribution in [0.4, 0.5) is 10.1 Å². The average Bonchev–Trinajstić information content (AvgIpc) is 3.15. The fraction of sp³-hybridized carbons (Fsp3) is 0.150. The van der Waals surface area contributed by atoms with Crippen LogP contribution < -0.4 is 10.2 Å². The van der Waals surface area contributed by atoms with Crippen LogP contribution in [0.25, 0.3) is 0 Å². The van der Waals surface area contributed by atoms with Crippen LogP contribution in [0.1, 0.15) is 16.5 Å². The lowest BCUT2D eigenvalue weighted by molar-refractivity contribution is -0.120. The van der Waals surface area contributed by atoms with Gasteiger partial charge in [0.2, 0.25) is 5.91 Å². The van der Waals surface area contributed by atoms with Crippen LogP contribution in [0.2, 0.25) is 0 Å². The molecule has 1 heterocycles. The van der Waals surface area contributed by atoms with Gasteiger partial charge in [-0.3, -0.25) is 4.79 Å². The Bertz CT molecular complexity index is 803. The summed E-state index contributed by atoms with van der Waals surface area (Å²) < 4.78 is 13.2. The monoisotopic (exact) mass is 354 g/mol. The molecule has 0 fully saturated rings. The molecule has 0 saturated heterocycles. The highest BCUT2D eigenvalue weighted by Crippen LogP contribution is 2.26. The third kappa shape index (κ3) is 4.45. The molecule has 5 heteroatoms. The Hall–Kier alpha value is -2.66. The number of amides is 1. The number of halogens is 1. The van der Waals surface area contributed by atoms with Gasteiger partial charge in [0, 0.05) is 17.6 Å². The summed E-state index contributed by atoms with van der Waals surface area (Å²) in [4.78, 5) is 15.5. The minimum absolute atomic E-state index is 0.0888. The highest BCUT2D eigenvalue weighted by Gasteiger charge is 2.19. The molecule has 0 spiro atoms. The van der Waals surface area contributed by atoms with Gasteiger partial charge in [0.25, 0.3) is 0 Å². The maximum absolute atomic E-state index is 13.2. The van der Waals surface area contributed by atoms with Crippen molar-refractivity contribution in [1.82, 2.24) is 5.32 Å². The molecule has 3 nitrogen and oxygen atoms in total. The minimum Gasteiger partial charge on any atom is -0.365 e. The Morgan fingerprint density at radius 3 is 2.44 bits per heavy atom. The summed E-state index contributed by atoms with van der Waals surface area (Å²) in [6.07, 6.45) is 0. The van der Waals surface area contributed by atoms with E-state index in [9.17, 15) is 9.18 Å². The molecular weight excluding hydrogens is 335 g/mol. The zero-order valence-corrected chi connectivity index (χ0v) is 14.7. The van der Waals surface area contributed by atoms with Crippen molar-refractivity contribution in [1.29, 1.82) is 0 Å².